The molecule has 0 heterocycles. The fourth-order valence-corrected chi connectivity index (χ4v) is 12.8. The van der Waals surface area contributed by atoms with Crippen LogP contribution in [0.2, 0.25) is 0 Å². The summed E-state index contributed by atoms with van der Waals surface area (Å²) >= 11 is 0. The van der Waals surface area contributed by atoms with Crippen LogP contribution in [0.15, 0.2) is 0 Å². The van der Waals surface area contributed by atoms with E-state index >= 15 is 0 Å². The largest absolute Gasteiger partial charge is 0.472 e. The summed E-state index contributed by atoms with van der Waals surface area (Å²) in [5.41, 5.74) is 0. The zero-order valence-electron chi connectivity index (χ0n) is 59.5. The maximum Gasteiger partial charge on any atom is 0.472 e. The normalized spacial score (nSPS) is 13.9. The van der Waals surface area contributed by atoms with Gasteiger partial charge in [-0.05, 0) is 25.7 Å². The summed E-state index contributed by atoms with van der Waals surface area (Å²) in [7, 11) is -9.90. The van der Waals surface area contributed by atoms with E-state index in [-0.39, 0.29) is 25.7 Å². The molecule has 0 aromatic carbocycles. The van der Waals surface area contributed by atoms with Gasteiger partial charge >= 0.3 is 39.5 Å². The molecule has 0 aliphatic heterocycles. The highest BCUT2D eigenvalue weighted by Crippen LogP contribution is 2.45. The van der Waals surface area contributed by atoms with E-state index in [4.69, 9.17) is 37.0 Å². The lowest BCUT2D eigenvalue weighted by Crippen LogP contribution is -2.30. The molecule has 0 saturated heterocycles. The van der Waals surface area contributed by atoms with E-state index in [1.54, 1.807) is 0 Å². The van der Waals surface area contributed by atoms with Crippen molar-refractivity contribution in [3.63, 3.8) is 0 Å². The first-order valence-corrected chi connectivity index (χ1v) is 41.3. The van der Waals surface area contributed by atoms with Crippen molar-refractivity contribution >= 4 is 39.5 Å². The molecule has 0 aliphatic rings. The molecule has 0 aliphatic carbocycles. The Balaban J connectivity index is 5.24. The lowest BCUT2D eigenvalue weighted by atomic mass is 10.0. The van der Waals surface area contributed by atoms with Gasteiger partial charge < -0.3 is 33.8 Å². The highest BCUT2D eigenvalue weighted by atomic mass is 31.2. The molecule has 17 nitrogen and oxygen atoms in total. The van der Waals surface area contributed by atoms with Gasteiger partial charge in [-0.2, -0.15) is 0 Å². The van der Waals surface area contributed by atoms with E-state index in [0.29, 0.717) is 25.7 Å². The maximum atomic E-state index is 13.0. The molecular weight excluding hydrogens is 1210 g/mol. The zero-order valence-corrected chi connectivity index (χ0v) is 61.3. The molecule has 2 unspecified atom stereocenters. The number of phosphoric ester groups is 2. The number of ether oxygens (including phenoxy) is 4. The first-order valence-electron chi connectivity index (χ1n) is 38.3. The van der Waals surface area contributed by atoms with E-state index in [0.717, 1.165) is 89.9 Å². The molecule has 5 atom stereocenters. The minimum absolute atomic E-state index is 0.108. The van der Waals surface area contributed by atoms with Crippen LogP contribution in [-0.4, -0.2) is 96.7 Å². The standard InChI is InChI=1S/C73H142O17P2/c1-5-9-13-17-21-25-29-33-34-35-36-40-44-48-52-56-60-73(78)90-69(64-84-71(76)58-54-50-46-42-38-31-27-23-19-15-11-7-3)66-88-92(81,82)86-62-67(74)61-85-91(79,80)87-65-68(89-72(77)59-55-51-47-43-39-32-28-24-20-16-12-8-4)63-83-70(75)57-53-49-45-41-37-30-26-22-18-14-10-6-2/h67-69,74H,5-66H2,1-4H3,(H,79,80)(H,81,82)/t67-,68+,69+/m0/s1. The minimum atomic E-state index is -4.95. The molecule has 19 heteroatoms. The van der Waals surface area contributed by atoms with Crippen LogP contribution in [-0.2, 0) is 65.4 Å². The van der Waals surface area contributed by atoms with Crippen LogP contribution < -0.4 is 0 Å². The van der Waals surface area contributed by atoms with Gasteiger partial charge in [0.05, 0.1) is 26.4 Å². The molecule has 0 saturated carbocycles. The van der Waals surface area contributed by atoms with Crippen LogP contribution in [0.25, 0.3) is 0 Å². The van der Waals surface area contributed by atoms with Crippen LogP contribution in [0, 0.1) is 0 Å². The number of aliphatic hydroxyl groups excluding tert-OH is 1. The first-order chi connectivity index (χ1) is 44.7. The minimum Gasteiger partial charge on any atom is -0.462 e. The Labute approximate surface area is 562 Å². The molecule has 546 valence electrons. The van der Waals surface area contributed by atoms with E-state index in [1.807, 2.05) is 0 Å². The predicted octanol–water partition coefficient (Wildman–Crippen LogP) is 21.4. The summed E-state index contributed by atoms with van der Waals surface area (Å²) in [6.07, 6.45) is 56.6. The fraction of sp³-hybridized carbons (Fsp3) is 0.945. The second kappa shape index (κ2) is 67.6. The van der Waals surface area contributed by atoms with E-state index in [1.165, 1.54) is 218 Å². The molecule has 0 rings (SSSR count). The Morgan fingerprint density at radius 2 is 0.435 bits per heavy atom. The Morgan fingerprint density at radius 1 is 0.261 bits per heavy atom. The molecule has 0 aromatic heterocycles. The van der Waals surface area contributed by atoms with Crippen LogP contribution in [0.1, 0.15) is 387 Å². The number of unbranched alkanes of at least 4 members (excludes halogenated alkanes) is 48. The van der Waals surface area contributed by atoms with Gasteiger partial charge in [0.1, 0.15) is 19.3 Å². The third-order valence-electron chi connectivity index (χ3n) is 17.1. The average molecular weight is 1350 g/mol. The molecule has 92 heavy (non-hydrogen) atoms. The monoisotopic (exact) mass is 1350 g/mol. The summed E-state index contributed by atoms with van der Waals surface area (Å²) < 4.78 is 68.4. The highest BCUT2D eigenvalue weighted by molar-refractivity contribution is 7.47. The van der Waals surface area contributed by atoms with Crippen LogP contribution in [0.4, 0.5) is 0 Å². The lowest BCUT2D eigenvalue weighted by molar-refractivity contribution is -0.161. The van der Waals surface area contributed by atoms with Crippen molar-refractivity contribution in [2.24, 2.45) is 0 Å². The van der Waals surface area contributed by atoms with Gasteiger partial charge in [-0.25, -0.2) is 9.13 Å². The Hall–Kier alpha value is -1.94. The Bertz CT molecular complexity index is 1760. The van der Waals surface area contributed by atoms with Crippen molar-refractivity contribution in [1.29, 1.82) is 0 Å². The highest BCUT2D eigenvalue weighted by Gasteiger charge is 2.30. The summed E-state index contributed by atoms with van der Waals surface area (Å²) in [4.78, 5) is 72.7. The summed E-state index contributed by atoms with van der Waals surface area (Å²) in [6, 6.07) is 0. The van der Waals surface area contributed by atoms with E-state index in [2.05, 4.69) is 27.7 Å². The molecule has 0 aromatic rings. The third-order valence-corrected chi connectivity index (χ3v) is 19.0. The molecular formula is C73H142O17P2. The Kier molecular flexibility index (Phi) is 66.2. The number of hydrogen-bond acceptors (Lipinski definition) is 15. The van der Waals surface area contributed by atoms with Gasteiger partial charge in [0, 0.05) is 25.7 Å². The SMILES string of the molecule is CCCCCCCCCCCCCCCCCCC(=O)O[C@H](COC(=O)CCCCCCCCCCCCCC)COP(=O)(O)OC[C@@H](O)COP(=O)(O)OC[C@@H](COC(=O)CCCCCCCCCCCCCC)OC(=O)CCCCCCCCCCCCCC. The molecule has 0 spiro atoms. The van der Waals surface area contributed by atoms with Crippen molar-refractivity contribution in [2.45, 2.75) is 406 Å². The quantitative estimate of drug-likeness (QED) is 0.0222. The summed E-state index contributed by atoms with van der Waals surface area (Å²) in [5, 5.41) is 10.6. The molecule has 0 fully saturated rings. The maximum absolute atomic E-state index is 13.0. The van der Waals surface area contributed by atoms with E-state index < -0.39 is 97.5 Å². The van der Waals surface area contributed by atoms with Gasteiger partial charge in [-0.3, -0.25) is 37.3 Å². The number of carbonyl (C=O) groups excluding carboxylic acids is 4. The predicted molar refractivity (Wildman–Crippen MR) is 372 cm³/mol. The van der Waals surface area contributed by atoms with Crippen LogP contribution >= 0.6 is 15.6 Å². The molecule has 0 amide bonds. The number of aliphatic hydroxyl groups is 1. The number of rotatable bonds is 74. The number of hydrogen-bond donors (Lipinski definition) is 3. The van der Waals surface area contributed by atoms with Crippen molar-refractivity contribution < 1.29 is 80.2 Å². The van der Waals surface area contributed by atoms with Gasteiger partial charge in [0.15, 0.2) is 12.2 Å². The number of esters is 4. The van der Waals surface area contributed by atoms with Crippen molar-refractivity contribution in [2.75, 3.05) is 39.6 Å². The molecule has 0 bridgehead atoms. The van der Waals surface area contributed by atoms with Gasteiger partial charge in [0.25, 0.3) is 0 Å². The summed E-state index contributed by atoms with van der Waals surface area (Å²) in [5.74, 6) is -2.11. The van der Waals surface area contributed by atoms with Crippen LogP contribution in [0.3, 0.4) is 0 Å². The smallest absolute Gasteiger partial charge is 0.462 e. The van der Waals surface area contributed by atoms with Gasteiger partial charge in [-0.1, -0.05) is 336 Å². The molecule has 3 N–H and O–H groups in total. The van der Waals surface area contributed by atoms with Crippen LogP contribution in [0.5, 0.6) is 0 Å². The third kappa shape index (κ3) is 66.7. The Morgan fingerprint density at radius 3 is 0.641 bits per heavy atom. The van der Waals surface area contributed by atoms with Crippen molar-refractivity contribution in [1.82, 2.24) is 0 Å². The van der Waals surface area contributed by atoms with Crippen molar-refractivity contribution in [3.05, 3.63) is 0 Å². The van der Waals surface area contributed by atoms with E-state index in [9.17, 15) is 43.2 Å². The van der Waals surface area contributed by atoms with Gasteiger partial charge in [-0.15, -0.1) is 0 Å². The van der Waals surface area contributed by atoms with Gasteiger partial charge in [0.2, 0.25) is 0 Å². The number of phosphoric acid groups is 2. The van der Waals surface area contributed by atoms with Crippen molar-refractivity contribution in [3.8, 4) is 0 Å². The molecule has 0 radical (unpaired) electrons. The average Bonchev–Trinajstić information content (AvgIpc) is 3.75. The topological polar surface area (TPSA) is 237 Å². The second-order valence-corrected chi connectivity index (χ2v) is 29.2. The summed E-state index contributed by atoms with van der Waals surface area (Å²) in [6.45, 7) is 4.98. The second-order valence-electron chi connectivity index (χ2n) is 26.3. The first kappa shape index (κ1) is 90.1. The fourth-order valence-electron chi connectivity index (χ4n) is 11.2. The lowest BCUT2D eigenvalue weighted by Gasteiger charge is -2.21. The number of carbonyl (C=O) groups is 4. The zero-order chi connectivity index (χ0) is 67.5.